The zero-order valence-electron chi connectivity index (χ0n) is 49.1. The van der Waals surface area contributed by atoms with Crippen LogP contribution in [0.2, 0.25) is 0 Å². The number of imidazole rings is 6. The van der Waals surface area contributed by atoms with Gasteiger partial charge in [0.2, 0.25) is 0 Å². The zero-order chi connectivity index (χ0) is 65.6. The maximum atomic E-state index is 13.4. The van der Waals surface area contributed by atoms with Gasteiger partial charge in [0.1, 0.15) is 40.1 Å². The van der Waals surface area contributed by atoms with Crippen LogP contribution in [-0.4, -0.2) is 118 Å². The number of carbonyl (C=O) groups excluding carboxylic acids is 2. The second kappa shape index (κ2) is 29.8. The van der Waals surface area contributed by atoms with Gasteiger partial charge in [-0.1, -0.05) is 14.9 Å². The first kappa shape index (κ1) is 68.5. The first-order chi connectivity index (χ1) is 44.8. The van der Waals surface area contributed by atoms with Crippen molar-refractivity contribution in [2.24, 2.45) is 5.73 Å². The highest BCUT2D eigenvalue weighted by Crippen LogP contribution is 2.36. The van der Waals surface area contributed by atoms with Crippen molar-refractivity contribution < 1.29 is 63.7 Å². The fraction of sp³-hybridized carbons (Fsp3) is 0.239. The third-order valence-corrected chi connectivity index (χ3v) is 14.7. The molecule has 9 heterocycles. The van der Waals surface area contributed by atoms with Crippen LogP contribution in [0.4, 0.5) is 39.5 Å². The summed E-state index contributed by atoms with van der Waals surface area (Å²) in [5.74, 6) is -3.17. The number of aromatic carboxylic acids is 1. The Morgan fingerprint density at radius 1 is 0.495 bits per heavy atom. The molecule has 12 aromatic rings. The second-order valence-corrected chi connectivity index (χ2v) is 21.5. The molecule has 95 heavy (non-hydrogen) atoms. The number of carboxylic acids is 1. The number of rotatable bonds is 17. The fourth-order valence-electron chi connectivity index (χ4n) is 10.0. The van der Waals surface area contributed by atoms with E-state index in [1.165, 1.54) is 135 Å². The monoisotopic (exact) mass is 1310 g/mol. The number of ether oxygens (including phenoxy) is 1. The Labute approximate surface area is 537 Å². The molecule has 0 saturated heterocycles. The zero-order valence-corrected chi connectivity index (χ0v) is 49.1. The van der Waals surface area contributed by atoms with Gasteiger partial charge in [0, 0.05) is 64.1 Å². The highest BCUT2D eigenvalue weighted by atomic mass is 19.3. The van der Waals surface area contributed by atoms with Crippen molar-refractivity contribution in [2.45, 2.75) is 98.5 Å². The van der Waals surface area contributed by atoms with Crippen molar-refractivity contribution >= 4 is 34.8 Å². The normalized spacial score (nSPS) is 12.6. The van der Waals surface area contributed by atoms with E-state index < -0.39 is 68.3 Å². The van der Waals surface area contributed by atoms with Crippen LogP contribution in [0.1, 0.15) is 78.9 Å². The smallest absolute Gasteiger partial charge is 0.356 e. The van der Waals surface area contributed by atoms with Gasteiger partial charge in [-0.2, -0.15) is 0 Å². The molecule has 2 fully saturated rings. The molecule has 0 radical (unpaired) electrons. The topological polar surface area (TPSA) is 224 Å². The number of alkyl halides is 6. The van der Waals surface area contributed by atoms with Crippen molar-refractivity contribution in [3.63, 3.8) is 0 Å². The highest BCUT2D eigenvalue weighted by Gasteiger charge is 2.27. The van der Waals surface area contributed by atoms with Gasteiger partial charge >= 0.3 is 11.9 Å². The summed E-state index contributed by atoms with van der Waals surface area (Å²) in [5.41, 5.74) is 13.1. The van der Waals surface area contributed by atoms with E-state index in [1.807, 2.05) is 0 Å². The molecule has 494 valence electrons. The van der Waals surface area contributed by atoms with E-state index >= 15 is 0 Å². The molecular weight excluding hydrogens is 1250 g/mol. The van der Waals surface area contributed by atoms with Gasteiger partial charge in [-0.05, 0) is 142 Å². The number of benzene rings is 3. The summed E-state index contributed by atoms with van der Waals surface area (Å²) in [6.45, 7) is 0.222. The standard InChI is InChI=1S/C22H18F3N5O.C21H17F3N4O2.C19H13F3N4O2.C3H7N.2CH4/c23-15-4-1-13(2-5-15)20-21(29(12-27-20)11-18(24)25)14-3-8-19-26-9-17(30(19)10-14)22(31)28-16-6-7-16;1-2-30-21(29)16-9-25-18-8-5-14(10-28(16)18)20-19(13-3-6-15(22)7-4-13)26-12-27(20)11-17(23)24;20-13-4-1-11(2-5-13)17-18(25(10-24-17)9-15(21)22)12-3-6-16-23-7-14(19(27)28)26(16)8-12;4-3-1-2-3;;/h1-5,8-10,12,16,18H,6-7,11H2,(H,28,31);3-10,12,17H,2,11H2,1H3;1-8,10,15H,9H2,(H,27,28);3H,1-2,4H2;2*1H4. The van der Waals surface area contributed by atoms with Gasteiger partial charge < -0.3 is 34.6 Å². The van der Waals surface area contributed by atoms with Crippen molar-refractivity contribution in [2.75, 3.05) is 6.61 Å². The molecule has 0 aliphatic heterocycles. The van der Waals surface area contributed by atoms with E-state index in [0.717, 1.165) is 12.8 Å². The Morgan fingerprint density at radius 2 is 0.811 bits per heavy atom. The molecule has 2 aliphatic carbocycles. The van der Waals surface area contributed by atoms with Gasteiger partial charge in [0.15, 0.2) is 11.4 Å². The summed E-state index contributed by atoms with van der Waals surface area (Å²) in [4.78, 5) is 61.5. The van der Waals surface area contributed by atoms with Crippen LogP contribution < -0.4 is 11.1 Å². The maximum absolute atomic E-state index is 13.4. The van der Waals surface area contributed by atoms with Crippen LogP contribution in [0.3, 0.4) is 0 Å². The molecule has 2 aliphatic rings. The second-order valence-electron chi connectivity index (χ2n) is 21.5. The van der Waals surface area contributed by atoms with E-state index in [9.17, 15) is 59.0 Å². The summed E-state index contributed by atoms with van der Waals surface area (Å²) in [5, 5.41) is 12.2. The van der Waals surface area contributed by atoms with Gasteiger partial charge in [-0.25, -0.2) is 79.0 Å². The van der Waals surface area contributed by atoms with Crippen molar-refractivity contribution in [1.82, 2.24) is 62.1 Å². The third kappa shape index (κ3) is 16.0. The summed E-state index contributed by atoms with van der Waals surface area (Å²) < 4.78 is 132. The summed E-state index contributed by atoms with van der Waals surface area (Å²) in [7, 11) is 0. The molecule has 3 aromatic carbocycles. The summed E-state index contributed by atoms with van der Waals surface area (Å²) >= 11 is 0. The number of fused-ring (bicyclic) bond motifs is 3. The first-order valence-corrected chi connectivity index (χ1v) is 29.0. The Morgan fingerprint density at radius 3 is 1.13 bits per heavy atom. The number of nitrogens with two attached hydrogens (primary N) is 1. The fourth-order valence-corrected chi connectivity index (χ4v) is 10.0. The minimum absolute atomic E-state index is 0. The number of nitrogens with zero attached hydrogens (tertiary/aromatic N) is 12. The lowest BCUT2D eigenvalue weighted by molar-refractivity contribution is 0.0517. The number of hydrogen-bond donors (Lipinski definition) is 3. The average molecular weight is 1320 g/mol. The lowest BCUT2D eigenvalue weighted by atomic mass is 10.1. The Hall–Kier alpha value is -10.9. The molecule has 4 N–H and O–H groups in total. The Balaban J connectivity index is 0.000000161. The van der Waals surface area contributed by atoms with Crippen molar-refractivity contribution in [1.29, 1.82) is 0 Å². The van der Waals surface area contributed by atoms with E-state index in [1.54, 1.807) is 76.6 Å². The average Bonchev–Trinajstić information content (AvgIpc) is 1.69. The number of carboxylic acid groups (broad SMARTS) is 1. The summed E-state index contributed by atoms with van der Waals surface area (Å²) in [6.07, 6.45) is 9.57. The molecule has 0 unspecified atom stereocenters. The number of amides is 1. The molecule has 2 saturated carbocycles. The predicted molar refractivity (Wildman–Crippen MR) is 338 cm³/mol. The SMILES string of the molecule is C.C.CCOC(=O)c1cnc2ccc(-c3c(-c4ccc(F)cc4)ncn3CC(F)F)cn12.NC1CC1.O=C(NC1CC1)c1cnc2ccc(-c3c(-c4ccc(F)cc4)ncn3CC(F)F)cn12.O=C(O)c1cnc2ccc(-c3c(-c4ccc(F)cc4)ncn3CC(F)F)cn12. The van der Waals surface area contributed by atoms with Gasteiger partial charge in [-0.15, -0.1) is 0 Å². The van der Waals surface area contributed by atoms with E-state index in [0.29, 0.717) is 96.2 Å². The first-order valence-electron chi connectivity index (χ1n) is 29.0. The van der Waals surface area contributed by atoms with Crippen molar-refractivity contribution in [3.8, 4) is 67.5 Å². The lowest BCUT2D eigenvalue weighted by Gasteiger charge is -2.12. The largest absolute Gasteiger partial charge is 0.477 e. The van der Waals surface area contributed by atoms with E-state index in [2.05, 4.69) is 35.2 Å². The van der Waals surface area contributed by atoms with Gasteiger partial charge in [0.05, 0.1) is 98.0 Å². The third-order valence-electron chi connectivity index (χ3n) is 14.7. The number of nitrogens with one attached hydrogen (secondary N) is 1. The summed E-state index contributed by atoms with van der Waals surface area (Å²) in [6, 6.07) is 27.7. The molecule has 9 aromatic heterocycles. The minimum atomic E-state index is -2.61. The lowest BCUT2D eigenvalue weighted by Crippen LogP contribution is -2.26. The Bertz CT molecular complexity index is 4630. The van der Waals surface area contributed by atoms with Crippen LogP contribution in [0.15, 0.2) is 165 Å². The number of aromatic nitrogens is 12. The molecule has 0 spiro atoms. The van der Waals surface area contributed by atoms with E-state index in [-0.39, 0.29) is 44.8 Å². The van der Waals surface area contributed by atoms with Gasteiger partial charge in [-0.3, -0.25) is 18.0 Å². The van der Waals surface area contributed by atoms with Crippen LogP contribution in [0.25, 0.3) is 84.5 Å². The number of carbonyl (C=O) groups is 3. The highest BCUT2D eigenvalue weighted by molar-refractivity contribution is 5.94. The number of esters is 1. The van der Waals surface area contributed by atoms with Crippen LogP contribution in [-0.2, 0) is 24.4 Å². The molecule has 1 amide bonds. The molecule has 0 bridgehead atoms. The molecule has 14 rings (SSSR count). The van der Waals surface area contributed by atoms with Crippen LogP contribution in [0.5, 0.6) is 0 Å². The molecule has 28 heteroatoms. The molecule has 19 nitrogen and oxygen atoms in total. The van der Waals surface area contributed by atoms with Crippen molar-refractivity contribution in [3.05, 3.63) is 200 Å². The maximum Gasteiger partial charge on any atom is 0.356 e. The molecule has 0 atom stereocenters. The van der Waals surface area contributed by atoms with Gasteiger partial charge in [0.25, 0.3) is 25.2 Å². The predicted octanol–water partition coefficient (Wildman–Crippen LogP) is 14.0. The number of hydrogen-bond acceptors (Lipinski definition) is 11. The minimum Gasteiger partial charge on any atom is -0.477 e. The van der Waals surface area contributed by atoms with Crippen LogP contribution >= 0.6 is 0 Å². The number of pyridine rings is 3. The Kier molecular flexibility index (Phi) is 21.5. The van der Waals surface area contributed by atoms with Crippen LogP contribution in [0, 0.1) is 17.5 Å². The van der Waals surface area contributed by atoms with E-state index in [4.69, 9.17) is 10.5 Å². The molecular formula is C67H63F9N14O5. The number of halogens is 9. The quantitative estimate of drug-likeness (QED) is 0.0572.